The van der Waals surface area contributed by atoms with E-state index in [4.69, 9.17) is 8.83 Å². The first-order valence-electron chi connectivity index (χ1n) is 10.1. The van der Waals surface area contributed by atoms with E-state index in [-0.39, 0.29) is 23.6 Å². The molecule has 0 aromatic carbocycles. The summed E-state index contributed by atoms with van der Waals surface area (Å²) in [4.78, 5) is 28.0. The summed E-state index contributed by atoms with van der Waals surface area (Å²) in [6, 6.07) is 8.91. The van der Waals surface area contributed by atoms with Gasteiger partial charge in [0.25, 0.3) is 11.8 Å². The molecule has 0 aliphatic carbocycles. The molecule has 0 saturated carbocycles. The molecule has 30 heavy (non-hydrogen) atoms. The van der Waals surface area contributed by atoms with Crippen LogP contribution in [0.1, 0.15) is 56.9 Å². The second kappa shape index (κ2) is 9.32. The number of carbonyl (C=O) groups is 2. The third kappa shape index (κ3) is 4.66. The number of rotatable bonds is 7. The van der Waals surface area contributed by atoms with E-state index in [1.165, 1.54) is 24.0 Å². The number of likely N-dealkylation sites (tertiary alicyclic amines) is 1. The van der Waals surface area contributed by atoms with Gasteiger partial charge < -0.3 is 19.5 Å². The maximum atomic E-state index is 12.9. The molecule has 1 fully saturated rings. The molecule has 0 radical (unpaired) electrons. The van der Waals surface area contributed by atoms with Crippen molar-refractivity contribution in [2.75, 3.05) is 25.0 Å². The number of piperidine rings is 1. The average Bonchev–Trinajstić information content (AvgIpc) is 3.51. The Kier molecular flexibility index (Phi) is 6.35. The van der Waals surface area contributed by atoms with Gasteiger partial charge in [0.1, 0.15) is 5.76 Å². The van der Waals surface area contributed by atoms with Crippen molar-refractivity contribution in [1.82, 2.24) is 10.2 Å². The minimum atomic E-state index is -0.337. The summed E-state index contributed by atoms with van der Waals surface area (Å²) in [5.41, 5.74) is 0.819. The molecule has 7 nitrogen and oxygen atoms in total. The molecule has 0 bridgehead atoms. The van der Waals surface area contributed by atoms with Gasteiger partial charge in [-0.3, -0.25) is 14.5 Å². The summed E-state index contributed by atoms with van der Waals surface area (Å²) in [6.07, 6.45) is 6.69. The van der Waals surface area contributed by atoms with Crippen molar-refractivity contribution in [2.45, 2.75) is 32.2 Å². The van der Waals surface area contributed by atoms with Gasteiger partial charge in [-0.1, -0.05) is 6.42 Å². The lowest BCUT2D eigenvalue weighted by Crippen LogP contribution is -2.40. The number of nitrogens with zero attached hydrogens (tertiary/aromatic N) is 1. The molecular weight excluding hydrogens is 402 g/mol. The Morgan fingerprint density at radius 2 is 1.87 bits per heavy atom. The quantitative estimate of drug-likeness (QED) is 0.582. The molecule has 1 atom stereocenters. The third-order valence-electron chi connectivity index (χ3n) is 5.26. The van der Waals surface area contributed by atoms with Gasteiger partial charge in [0, 0.05) is 6.54 Å². The van der Waals surface area contributed by atoms with E-state index in [1.54, 1.807) is 24.5 Å². The van der Waals surface area contributed by atoms with E-state index in [0.29, 0.717) is 16.4 Å². The molecule has 4 rings (SSSR count). The summed E-state index contributed by atoms with van der Waals surface area (Å²) in [5, 5.41) is 6.45. The second-order valence-corrected chi connectivity index (χ2v) is 8.44. The average molecular weight is 428 g/mol. The Hall–Kier alpha value is -2.84. The second-order valence-electron chi connectivity index (χ2n) is 7.39. The smallest absolute Gasteiger partial charge is 0.291 e. The lowest BCUT2D eigenvalue weighted by Gasteiger charge is -2.33. The highest BCUT2D eigenvalue weighted by Crippen LogP contribution is 2.28. The van der Waals surface area contributed by atoms with Crippen molar-refractivity contribution >= 4 is 28.2 Å². The summed E-state index contributed by atoms with van der Waals surface area (Å²) in [5.74, 6) is 0.613. The highest BCUT2D eigenvalue weighted by molar-refractivity contribution is 7.18. The van der Waals surface area contributed by atoms with Crippen molar-refractivity contribution in [1.29, 1.82) is 0 Å². The van der Waals surface area contributed by atoms with Crippen LogP contribution in [0, 0.1) is 6.92 Å². The van der Waals surface area contributed by atoms with Gasteiger partial charge in [0.05, 0.1) is 28.4 Å². The van der Waals surface area contributed by atoms with E-state index >= 15 is 0 Å². The molecule has 3 aromatic heterocycles. The SMILES string of the molecule is Cc1cc(NC(=O)c2ccco2)sc1C(=O)NCC(c1ccco1)N1CCCCC1. The molecular formula is C22H25N3O4S. The van der Waals surface area contributed by atoms with Gasteiger partial charge in [-0.2, -0.15) is 0 Å². The number of furan rings is 2. The first-order valence-corrected chi connectivity index (χ1v) is 10.9. The van der Waals surface area contributed by atoms with E-state index in [9.17, 15) is 9.59 Å². The third-order valence-corrected chi connectivity index (χ3v) is 6.42. The van der Waals surface area contributed by atoms with E-state index in [2.05, 4.69) is 15.5 Å². The van der Waals surface area contributed by atoms with Crippen LogP contribution in [0.4, 0.5) is 5.00 Å². The Labute approximate surface area is 179 Å². The molecule has 1 aliphatic rings. The van der Waals surface area contributed by atoms with Crippen molar-refractivity contribution in [3.8, 4) is 0 Å². The van der Waals surface area contributed by atoms with Crippen LogP contribution in [0.2, 0.25) is 0 Å². The van der Waals surface area contributed by atoms with Crippen LogP contribution in [0.3, 0.4) is 0 Å². The summed E-state index contributed by atoms with van der Waals surface area (Å²) < 4.78 is 10.8. The highest BCUT2D eigenvalue weighted by atomic mass is 32.1. The highest BCUT2D eigenvalue weighted by Gasteiger charge is 2.26. The molecule has 3 aromatic rings. The topological polar surface area (TPSA) is 87.7 Å². The zero-order valence-electron chi connectivity index (χ0n) is 16.8. The number of nitrogens with one attached hydrogen (secondary N) is 2. The maximum Gasteiger partial charge on any atom is 0.291 e. The first-order chi connectivity index (χ1) is 14.6. The monoisotopic (exact) mass is 427 g/mol. The summed E-state index contributed by atoms with van der Waals surface area (Å²) >= 11 is 1.26. The number of anilines is 1. The van der Waals surface area contributed by atoms with Gasteiger partial charge in [-0.15, -0.1) is 11.3 Å². The van der Waals surface area contributed by atoms with Gasteiger partial charge in [-0.05, 0) is 68.8 Å². The van der Waals surface area contributed by atoms with E-state index in [1.807, 2.05) is 19.1 Å². The minimum absolute atomic E-state index is 0.0163. The fourth-order valence-electron chi connectivity index (χ4n) is 3.74. The van der Waals surface area contributed by atoms with Crippen LogP contribution in [0.5, 0.6) is 0 Å². The molecule has 8 heteroatoms. The maximum absolute atomic E-state index is 12.9. The molecule has 2 amide bonds. The van der Waals surface area contributed by atoms with E-state index < -0.39 is 0 Å². The molecule has 1 unspecified atom stereocenters. The fourth-order valence-corrected chi connectivity index (χ4v) is 4.72. The van der Waals surface area contributed by atoms with Crippen LogP contribution < -0.4 is 10.6 Å². The lowest BCUT2D eigenvalue weighted by molar-refractivity contribution is 0.0916. The van der Waals surface area contributed by atoms with Gasteiger partial charge >= 0.3 is 0 Å². The van der Waals surface area contributed by atoms with Crippen molar-refractivity contribution in [3.63, 3.8) is 0 Å². The summed E-state index contributed by atoms with van der Waals surface area (Å²) in [7, 11) is 0. The molecule has 2 N–H and O–H groups in total. The van der Waals surface area contributed by atoms with Gasteiger partial charge in [0.15, 0.2) is 5.76 Å². The van der Waals surface area contributed by atoms with E-state index in [0.717, 1.165) is 37.3 Å². The molecule has 0 spiro atoms. The van der Waals surface area contributed by atoms with Gasteiger partial charge in [-0.25, -0.2) is 0 Å². The van der Waals surface area contributed by atoms with Crippen molar-refractivity contribution in [2.24, 2.45) is 0 Å². The number of carbonyl (C=O) groups excluding carboxylic acids is 2. The standard InChI is InChI=1S/C22H25N3O4S/c1-15-13-19(24-21(26)18-8-6-12-29-18)30-20(15)22(27)23-14-16(17-7-5-11-28-17)25-9-3-2-4-10-25/h5-8,11-13,16H,2-4,9-10,14H2,1H3,(H,23,27)(H,24,26). The van der Waals surface area contributed by atoms with Gasteiger partial charge in [0.2, 0.25) is 0 Å². The van der Waals surface area contributed by atoms with Crippen LogP contribution in [0.25, 0.3) is 0 Å². The Morgan fingerprint density at radius 1 is 1.10 bits per heavy atom. The largest absolute Gasteiger partial charge is 0.468 e. The summed E-state index contributed by atoms with van der Waals surface area (Å²) in [6.45, 7) is 4.34. The predicted molar refractivity (Wildman–Crippen MR) is 115 cm³/mol. The fraction of sp³-hybridized carbons (Fsp3) is 0.364. The lowest BCUT2D eigenvalue weighted by atomic mass is 10.1. The molecule has 158 valence electrons. The Morgan fingerprint density at radius 3 is 2.57 bits per heavy atom. The number of aryl methyl sites for hydroxylation is 1. The first kappa shape index (κ1) is 20.4. The predicted octanol–water partition coefficient (Wildman–Crippen LogP) is 4.45. The van der Waals surface area contributed by atoms with Crippen LogP contribution in [0.15, 0.2) is 51.7 Å². The number of hydrogen-bond donors (Lipinski definition) is 2. The Balaban J connectivity index is 1.41. The molecule has 1 aliphatic heterocycles. The van der Waals surface area contributed by atoms with Crippen molar-refractivity contribution < 1.29 is 18.4 Å². The zero-order valence-corrected chi connectivity index (χ0v) is 17.7. The normalized spacial score (nSPS) is 15.6. The number of thiophene rings is 1. The number of amides is 2. The number of hydrogen-bond acceptors (Lipinski definition) is 6. The minimum Gasteiger partial charge on any atom is -0.468 e. The van der Waals surface area contributed by atoms with Crippen LogP contribution in [-0.2, 0) is 0 Å². The molecule has 4 heterocycles. The van der Waals surface area contributed by atoms with Crippen LogP contribution >= 0.6 is 11.3 Å². The van der Waals surface area contributed by atoms with Crippen LogP contribution in [-0.4, -0.2) is 36.3 Å². The van der Waals surface area contributed by atoms with Crippen molar-refractivity contribution in [3.05, 3.63) is 64.8 Å². The Bertz CT molecular complexity index is 972. The molecule has 1 saturated heterocycles. The zero-order chi connectivity index (χ0) is 20.9.